The predicted molar refractivity (Wildman–Crippen MR) is 391 cm³/mol. The third kappa shape index (κ3) is 69.2. The van der Waals surface area contributed by atoms with Crippen molar-refractivity contribution in [3.8, 4) is 0 Å². The van der Waals surface area contributed by atoms with Gasteiger partial charge in [-0.05, 0) is 49.4 Å². The molecule has 0 aromatic rings. The zero-order valence-electron chi connectivity index (χ0n) is 63.0. The Morgan fingerprint density at radius 1 is 0.292 bits per heavy atom. The molecule has 0 aliphatic heterocycles. The minimum atomic E-state index is -4.96. The molecule has 0 saturated carbocycles. The quantitative estimate of drug-likeness (QED) is 0.0222. The maximum Gasteiger partial charge on any atom is 0.472 e. The number of unbranched alkanes of at least 4 members (excludes halogenated alkanes) is 39. The highest BCUT2D eigenvalue weighted by atomic mass is 31.2. The Balaban J connectivity index is 5.25. The van der Waals surface area contributed by atoms with Crippen LogP contribution < -0.4 is 0 Å². The first-order valence-electron chi connectivity index (χ1n) is 39.7. The van der Waals surface area contributed by atoms with Crippen molar-refractivity contribution in [2.45, 2.75) is 408 Å². The average Bonchev–Trinajstić information content (AvgIpc) is 1.12. The third-order valence-corrected chi connectivity index (χ3v) is 20.1. The van der Waals surface area contributed by atoms with Gasteiger partial charge in [-0.1, -0.05) is 338 Å². The summed E-state index contributed by atoms with van der Waals surface area (Å²) in [6.45, 7) is 14.2. The SMILES string of the molecule is CCC(C)CCCCCCCCCCCCC(=O)O[C@H](COC(=O)CCCCCCCCCCCCCCCCC(C)C)COP(=O)(O)OCC(O)COP(=O)(O)OC[C@@H](COC(=O)CCCCCCCCCC(C)C)OC(=O)CCCCCCCCCCCCCCC(C)C. The highest BCUT2D eigenvalue weighted by Gasteiger charge is 2.30. The number of phosphoric acid groups is 2. The van der Waals surface area contributed by atoms with E-state index in [2.05, 4.69) is 55.4 Å². The van der Waals surface area contributed by atoms with Crippen molar-refractivity contribution < 1.29 is 80.2 Å². The third-order valence-electron chi connectivity index (χ3n) is 18.2. The molecule has 0 aromatic carbocycles. The summed E-state index contributed by atoms with van der Waals surface area (Å²) in [5, 5.41) is 10.6. The molecule has 0 saturated heterocycles. The number of esters is 4. The fourth-order valence-corrected chi connectivity index (χ4v) is 13.3. The second-order valence-electron chi connectivity index (χ2n) is 29.4. The standard InChI is InChI=1S/C77H150O17P2/c1-9-70(8)56-48-40-32-24-20-21-27-35-44-52-60-77(82)93-72(63-87-74(79)57-49-41-33-25-18-13-11-10-12-16-22-29-37-45-53-67(2)3)65-91-95(83,84)89-61-71(78)62-90-96(85,86)92-66-73(64-88-75(80)58-50-42-36-28-31-39-47-55-69(6)7)94-76(81)59-51-43-34-26-19-15-14-17-23-30-38-46-54-68(4)5/h67-73,78H,9-66H2,1-8H3,(H,83,84)(H,85,86)/t70?,71?,72-,73-/m1/s1. The largest absolute Gasteiger partial charge is 0.472 e. The lowest BCUT2D eigenvalue weighted by Crippen LogP contribution is -2.30. The van der Waals surface area contributed by atoms with Gasteiger partial charge in [0, 0.05) is 25.7 Å². The lowest BCUT2D eigenvalue weighted by atomic mass is 9.99. The first-order valence-corrected chi connectivity index (χ1v) is 42.7. The van der Waals surface area contributed by atoms with Gasteiger partial charge in [-0.15, -0.1) is 0 Å². The summed E-state index contributed by atoms with van der Waals surface area (Å²) in [5.74, 6) is 0.964. The van der Waals surface area contributed by atoms with E-state index in [4.69, 9.17) is 37.0 Å². The monoisotopic (exact) mass is 1410 g/mol. The van der Waals surface area contributed by atoms with Crippen LogP contribution >= 0.6 is 15.6 Å². The van der Waals surface area contributed by atoms with Crippen LogP contribution in [0, 0.1) is 23.7 Å². The summed E-state index contributed by atoms with van der Waals surface area (Å²) < 4.78 is 68.6. The number of carbonyl (C=O) groups excluding carboxylic acids is 4. The maximum absolute atomic E-state index is 13.1. The van der Waals surface area contributed by atoms with Crippen LogP contribution in [0.3, 0.4) is 0 Å². The van der Waals surface area contributed by atoms with Crippen molar-refractivity contribution in [1.29, 1.82) is 0 Å². The molecular weight excluding hydrogens is 1260 g/mol. The van der Waals surface area contributed by atoms with Crippen LogP contribution in [-0.2, 0) is 65.4 Å². The number of hydrogen-bond donors (Lipinski definition) is 3. The zero-order valence-corrected chi connectivity index (χ0v) is 64.8. The van der Waals surface area contributed by atoms with E-state index in [0.29, 0.717) is 31.6 Å². The topological polar surface area (TPSA) is 237 Å². The molecule has 19 heteroatoms. The molecule has 0 spiro atoms. The van der Waals surface area contributed by atoms with Crippen molar-refractivity contribution in [3.63, 3.8) is 0 Å². The van der Waals surface area contributed by atoms with Gasteiger partial charge in [-0.25, -0.2) is 9.13 Å². The number of carbonyl (C=O) groups is 4. The van der Waals surface area contributed by atoms with Crippen molar-refractivity contribution in [1.82, 2.24) is 0 Å². The Labute approximate surface area is 588 Å². The van der Waals surface area contributed by atoms with E-state index in [-0.39, 0.29) is 25.7 Å². The van der Waals surface area contributed by atoms with Crippen molar-refractivity contribution in [2.75, 3.05) is 39.6 Å². The summed E-state index contributed by atoms with van der Waals surface area (Å²) in [7, 11) is -9.92. The first kappa shape index (κ1) is 94.1. The molecule has 0 aromatic heterocycles. The van der Waals surface area contributed by atoms with Gasteiger partial charge in [0.15, 0.2) is 12.2 Å². The van der Waals surface area contributed by atoms with Gasteiger partial charge in [0.25, 0.3) is 0 Å². The van der Waals surface area contributed by atoms with E-state index >= 15 is 0 Å². The van der Waals surface area contributed by atoms with Crippen LogP contribution in [0.2, 0.25) is 0 Å². The van der Waals surface area contributed by atoms with Crippen molar-refractivity contribution in [3.05, 3.63) is 0 Å². The van der Waals surface area contributed by atoms with Crippen LogP contribution in [0.1, 0.15) is 389 Å². The van der Waals surface area contributed by atoms with Crippen LogP contribution in [0.15, 0.2) is 0 Å². The van der Waals surface area contributed by atoms with E-state index < -0.39 is 97.5 Å². The fraction of sp³-hybridized carbons (Fsp3) is 0.948. The summed E-state index contributed by atoms with van der Waals surface area (Å²) >= 11 is 0. The predicted octanol–water partition coefficient (Wildman–Crippen LogP) is 22.4. The van der Waals surface area contributed by atoms with Crippen LogP contribution in [0.25, 0.3) is 0 Å². The normalized spacial score (nSPS) is 14.4. The first-order chi connectivity index (χ1) is 46.1. The van der Waals surface area contributed by atoms with E-state index in [1.807, 2.05) is 0 Å². The fourth-order valence-electron chi connectivity index (χ4n) is 11.7. The Hall–Kier alpha value is -1.94. The molecule has 570 valence electrons. The van der Waals surface area contributed by atoms with Crippen LogP contribution in [0.4, 0.5) is 0 Å². The van der Waals surface area contributed by atoms with E-state index in [1.165, 1.54) is 186 Å². The molecular formula is C77H150O17P2. The van der Waals surface area contributed by atoms with Crippen molar-refractivity contribution in [2.24, 2.45) is 23.7 Å². The highest BCUT2D eigenvalue weighted by Crippen LogP contribution is 2.45. The van der Waals surface area contributed by atoms with E-state index in [9.17, 15) is 43.2 Å². The Bertz CT molecular complexity index is 1890. The molecule has 6 atom stereocenters. The van der Waals surface area contributed by atoms with Gasteiger partial charge in [-0.3, -0.25) is 37.3 Å². The number of hydrogen-bond acceptors (Lipinski definition) is 15. The smallest absolute Gasteiger partial charge is 0.462 e. The molecule has 96 heavy (non-hydrogen) atoms. The Morgan fingerprint density at radius 2 is 0.500 bits per heavy atom. The molecule has 0 fully saturated rings. The molecule has 0 amide bonds. The summed E-state index contributed by atoms with van der Waals surface area (Å²) in [6.07, 6.45) is 51.3. The summed E-state index contributed by atoms with van der Waals surface area (Å²) in [6, 6.07) is 0. The lowest BCUT2D eigenvalue weighted by molar-refractivity contribution is -0.161. The van der Waals surface area contributed by atoms with Gasteiger partial charge < -0.3 is 33.8 Å². The Morgan fingerprint density at radius 3 is 0.740 bits per heavy atom. The van der Waals surface area contributed by atoms with Gasteiger partial charge >= 0.3 is 39.5 Å². The van der Waals surface area contributed by atoms with Gasteiger partial charge in [0.1, 0.15) is 19.3 Å². The second-order valence-corrected chi connectivity index (χ2v) is 32.3. The average molecular weight is 1410 g/mol. The number of ether oxygens (including phenoxy) is 4. The van der Waals surface area contributed by atoms with Gasteiger partial charge in [0.05, 0.1) is 26.4 Å². The molecule has 0 radical (unpaired) electrons. The molecule has 0 bridgehead atoms. The second kappa shape index (κ2) is 66.3. The van der Waals surface area contributed by atoms with Crippen molar-refractivity contribution >= 4 is 39.5 Å². The van der Waals surface area contributed by atoms with E-state index in [1.54, 1.807) is 0 Å². The maximum atomic E-state index is 13.1. The minimum Gasteiger partial charge on any atom is -0.462 e. The molecule has 4 unspecified atom stereocenters. The summed E-state index contributed by atoms with van der Waals surface area (Å²) in [5.41, 5.74) is 0. The van der Waals surface area contributed by atoms with Crippen LogP contribution in [0.5, 0.6) is 0 Å². The van der Waals surface area contributed by atoms with Gasteiger partial charge in [0.2, 0.25) is 0 Å². The molecule has 0 aliphatic carbocycles. The zero-order chi connectivity index (χ0) is 71.0. The number of aliphatic hydroxyl groups is 1. The molecule has 0 heterocycles. The van der Waals surface area contributed by atoms with E-state index in [0.717, 1.165) is 114 Å². The van der Waals surface area contributed by atoms with Crippen LogP contribution in [-0.4, -0.2) is 96.7 Å². The lowest BCUT2D eigenvalue weighted by Gasteiger charge is -2.21. The highest BCUT2D eigenvalue weighted by molar-refractivity contribution is 7.47. The number of aliphatic hydroxyl groups excluding tert-OH is 1. The molecule has 17 nitrogen and oxygen atoms in total. The molecule has 0 rings (SSSR count). The molecule has 0 aliphatic rings. The minimum absolute atomic E-state index is 0.106. The summed E-state index contributed by atoms with van der Waals surface area (Å²) in [4.78, 5) is 72.9. The number of phosphoric ester groups is 2. The number of rotatable bonds is 74. The molecule has 3 N–H and O–H groups in total. The van der Waals surface area contributed by atoms with Gasteiger partial charge in [-0.2, -0.15) is 0 Å². The Kier molecular flexibility index (Phi) is 65.0.